The summed E-state index contributed by atoms with van der Waals surface area (Å²) < 4.78 is 0.960. The Kier molecular flexibility index (Phi) is 3.69. The van der Waals surface area contributed by atoms with E-state index in [4.69, 9.17) is 5.73 Å². The first kappa shape index (κ1) is 10.5. The molecule has 0 aromatic carbocycles. The van der Waals surface area contributed by atoms with Gasteiger partial charge >= 0.3 is 0 Å². The van der Waals surface area contributed by atoms with Crippen molar-refractivity contribution >= 4 is 21.7 Å². The Hall–Kier alpha value is -0.610. The van der Waals surface area contributed by atoms with E-state index in [-0.39, 0.29) is 0 Å². The van der Waals surface area contributed by atoms with Crippen LogP contribution in [0.15, 0.2) is 16.7 Å². The lowest BCUT2D eigenvalue weighted by molar-refractivity contribution is 0.589. The van der Waals surface area contributed by atoms with Crippen molar-refractivity contribution in [3.05, 3.63) is 22.3 Å². The lowest BCUT2D eigenvalue weighted by Crippen LogP contribution is -2.22. The van der Waals surface area contributed by atoms with Crippen LogP contribution in [0.3, 0.4) is 0 Å². The van der Waals surface area contributed by atoms with E-state index in [2.05, 4.69) is 40.1 Å². The Labute approximate surface area is 86.9 Å². The molecular formula is C9H14BrN3. The molecule has 1 aromatic heterocycles. The summed E-state index contributed by atoms with van der Waals surface area (Å²) in [7, 11) is 0. The molecule has 3 nitrogen and oxygen atoms in total. The van der Waals surface area contributed by atoms with Crippen molar-refractivity contribution in [3.63, 3.8) is 0 Å². The molecule has 0 radical (unpaired) electrons. The average Bonchev–Trinajstić information content (AvgIpc) is 2.06. The molecule has 0 bridgehead atoms. The Balaban J connectivity index is 2.70. The fraction of sp³-hybridized carbons (Fsp3) is 0.444. The van der Waals surface area contributed by atoms with E-state index in [1.165, 1.54) is 0 Å². The standard InChI is InChI=1S/C9H14BrN3/c1-6(2)12-4-7-3-8(10)5-13-9(7)11/h3,5-6,12H,4H2,1-2H3,(H2,11,13). The largest absolute Gasteiger partial charge is 0.383 e. The van der Waals surface area contributed by atoms with Gasteiger partial charge in [-0.15, -0.1) is 0 Å². The lowest BCUT2D eigenvalue weighted by Gasteiger charge is -2.09. The predicted octanol–water partition coefficient (Wildman–Crippen LogP) is 1.92. The number of halogens is 1. The molecule has 0 aliphatic carbocycles. The van der Waals surface area contributed by atoms with Crippen LogP contribution in [0.4, 0.5) is 5.82 Å². The first-order valence-electron chi connectivity index (χ1n) is 4.23. The van der Waals surface area contributed by atoms with Gasteiger partial charge < -0.3 is 11.1 Å². The van der Waals surface area contributed by atoms with Crippen LogP contribution in [-0.4, -0.2) is 11.0 Å². The fourth-order valence-electron chi connectivity index (χ4n) is 0.947. The molecule has 0 saturated carbocycles. The summed E-state index contributed by atoms with van der Waals surface area (Å²) in [6.07, 6.45) is 1.70. The van der Waals surface area contributed by atoms with Crippen LogP contribution in [0.5, 0.6) is 0 Å². The summed E-state index contributed by atoms with van der Waals surface area (Å²) in [6.45, 7) is 4.96. The van der Waals surface area contributed by atoms with E-state index in [0.29, 0.717) is 11.9 Å². The molecule has 1 aromatic rings. The highest BCUT2D eigenvalue weighted by Gasteiger charge is 2.01. The minimum Gasteiger partial charge on any atom is -0.383 e. The number of anilines is 1. The van der Waals surface area contributed by atoms with E-state index < -0.39 is 0 Å². The van der Waals surface area contributed by atoms with Gasteiger partial charge in [0.15, 0.2) is 0 Å². The van der Waals surface area contributed by atoms with Gasteiger partial charge in [0.25, 0.3) is 0 Å². The third-order valence-electron chi connectivity index (χ3n) is 1.67. The quantitative estimate of drug-likeness (QED) is 0.854. The molecule has 0 spiro atoms. The third kappa shape index (κ3) is 3.32. The SMILES string of the molecule is CC(C)NCc1cc(Br)cnc1N. The minimum atomic E-state index is 0.457. The van der Waals surface area contributed by atoms with Crippen LogP contribution in [-0.2, 0) is 6.54 Å². The van der Waals surface area contributed by atoms with Gasteiger partial charge in [0.1, 0.15) is 5.82 Å². The van der Waals surface area contributed by atoms with Crippen molar-refractivity contribution < 1.29 is 0 Å². The minimum absolute atomic E-state index is 0.457. The fourth-order valence-corrected chi connectivity index (χ4v) is 1.33. The molecule has 1 rings (SSSR count). The first-order chi connectivity index (χ1) is 6.09. The molecule has 4 heteroatoms. The molecule has 3 N–H and O–H groups in total. The highest BCUT2D eigenvalue weighted by molar-refractivity contribution is 9.10. The maximum atomic E-state index is 5.70. The Morgan fingerprint density at radius 2 is 2.31 bits per heavy atom. The smallest absolute Gasteiger partial charge is 0.127 e. The van der Waals surface area contributed by atoms with Gasteiger partial charge in [-0.1, -0.05) is 13.8 Å². The summed E-state index contributed by atoms with van der Waals surface area (Å²) >= 11 is 3.36. The molecule has 0 saturated heterocycles. The van der Waals surface area contributed by atoms with Gasteiger partial charge in [-0.05, 0) is 22.0 Å². The second-order valence-corrected chi connectivity index (χ2v) is 4.15. The van der Waals surface area contributed by atoms with Crippen molar-refractivity contribution in [2.45, 2.75) is 26.4 Å². The van der Waals surface area contributed by atoms with Crippen LogP contribution < -0.4 is 11.1 Å². The molecule has 1 heterocycles. The van der Waals surface area contributed by atoms with Crippen LogP contribution >= 0.6 is 15.9 Å². The number of hydrogen-bond donors (Lipinski definition) is 2. The number of nitrogens with zero attached hydrogens (tertiary/aromatic N) is 1. The van der Waals surface area contributed by atoms with Gasteiger partial charge in [-0.3, -0.25) is 0 Å². The summed E-state index contributed by atoms with van der Waals surface area (Å²) in [5.41, 5.74) is 6.73. The highest BCUT2D eigenvalue weighted by Crippen LogP contribution is 2.15. The van der Waals surface area contributed by atoms with E-state index in [1.54, 1.807) is 6.20 Å². The second kappa shape index (κ2) is 4.58. The summed E-state index contributed by atoms with van der Waals surface area (Å²) in [5, 5.41) is 3.29. The van der Waals surface area contributed by atoms with E-state index in [9.17, 15) is 0 Å². The summed E-state index contributed by atoms with van der Waals surface area (Å²) in [5.74, 6) is 0.594. The van der Waals surface area contributed by atoms with Crippen LogP contribution in [0.2, 0.25) is 0 Å². The Morgan fingerprint density at radius 1 is 1.62 bits per heavy atom. The van der Waals surface area contributed by atoms with Crippen LogP contribution in [0.1, 0.15) is 19.4 Å². The average molecular weight is 244 g/mol. The van der Waals surface area contributed by atoms with Crippen molar-refractivity contribution in [2.75, 3.05) is 5.73 Å². The molecule has 0 atom stereocenters. The summed E-state index contributed by atoms with van der Waals surface area (Å²) in [6, 6.07) is 2.44. The number of nitrogens with one attached hydrogen (secondary N) is 1. The van der Waals surface area contributed by atoms with Gasteiger partial charge in [0.2, 0.25) is 0 Å². The zero-order chi connectivity index (χ0) is 9.84. The maximum Gasteiger partial charge on any atom is 0.127 e. The molecule has 0 unspecified atom stereocenters. The normalized spacial score (nSPS) is 10.8. The lowest BCUT2D eigenvalue weighted by atomic mass is 10.2. The molecule has 0 aliphatic heterocycles. The zero-order valence-electron chi connectivity index (χ0n) is 7.84. The predicted molar refractivity (Wildman–Crippen MR) is 58.3 cm³/mol. The van der Waals surface area contributed by atoms with Gasteiger partial charge in [0, 0.05) is 28.8 Å². The molecule has 0 aliphatic rings. The molecule has 72 valence electrons. The van der Waals surface area contributed by atoms with Crippen molar-refractivity contribution in [1.82, 2.24) is 10.3 Å². The Bertz CT molecular complexity index is 286. The van der Waals surface area contributed by atoms with Crippen LogP contribution in [0, 0.1) is 0 Å². The topological polar surface area (TPSA) is 50.9 Å². The van der Waals surface area contributed by atoms with E-state index in [1.807, 2.05) is 6.07 Å². The summed E-state index contributed by atoms with van der Waals surface area (Å²) in [4.78, 5) is 4.05. The van der Waals surface area contributed by atoms with Crippen molar-refractivity contribution in [2.24, 2.45) is 0 Å². The van der Waals surface area contributed by atoms with Crippen molar-refractivity contribution in [3.8, 4) is 0 Å². The van der Waals surface area contributed by atoms with Crippen molar-refractivity contribution in [1.29, 1.82) is 0 Å². The van der Waals surface area contributed by atoms with E-state index >= 15 is 0 Å². The zero-order valence-corrected chi connectivity index (χ0v) is 9.43. The molecule has 0 amide bonds. The number of aromatic nitrogens is 1. The molecular weight excluding hydrogens is 230 g/mol. The van der Waals surface area contributed by atoms with Gasteiger partial charge in [-0.2, -0.15) is 0 Å². The van der Waals surface area contributed by atoms with E-state index in [0.717, 1.165) is 16.6 Å². The number of nitrogens with two attached hydrogens (primary N) is 1. The van der Waals surface area contributed by atoms with Crippen LogP contribution in [0.25, 0.3) is 0 Å². The second-order valence-electron chi connectivity index (χ2n) is 3.23. The molecule has 13 heavy (non-hydrogen) atoms. The highest BCUT2D eigenvalue weighted by atomic mass is 79.9. The Morgan fingerprint density at radius 3 is 2.92 bits per heavy atom. The number of rotatable bonds is 3. The third-order valence-corrected chi connectivity index (χ3v) is 2.10. The number of nitrogen functional groups attached to an aromatic ring is 1. The maximum absolute atomic E-state index is 5.70. The molecule has 0 fully saturated rings. The first-order valence-corrected chi connectivity index (χ1v) is 5.02. The van der Waals surface area contributed by atoms with Gasteiger partial charge in [0.05, 0.1) is 0 Å². The van der Waals surface area contributed by atoms with Gasteiger partial charge in [-0.25, -0.2) is 4.98 Å². The number of hydrogen-bond acceptors (Lipinski definition) is 3. The monoisotopic (exact) mass is 243 g/mol. The number of pyridine rings is 1.